The second-order valence-corrected chi connectivity index (χ2v) is 8.33. The highest BCUT2D eigenvalue weighted by Gasteiger charge is 2.30. The van der Waals surface area contributed by atoms with E-state index >= 15 is 0 Å². The quantitative estimate of drug-likeness (QED) is 0.487. The Labute approximate surface area is 171 Å². The van der Waals surface area contributed by atoms with E-state index in [1.165, 1.54) is 11.8 Å². The van der Waals surface area contributed by atoms with Gasteiger partial charge in [0, 0.05) is 23.0 Å². The Morgan fingerprint density at radius 1 is 1.07 bits per heavy atom. The van der Waals surface area contributed by atoms with E-state index in [1.54, 1.807) is 11.8 Å². The van der Waals surface area contributed by atoms with Crippen molar-refractivity contribution >= 4 is 35.2 Å². The van der Waals surface area contributed by atoms with Crippen molar-refractivity contribution in [3.05, 3.63) is 81.6 Å². The van der Waals surface area contributed by atoms with Crippen molar-refractivity contribution in [1.29, 1.82) is 0 Å². The van der Waals surface area contributed by atoms with Crippen molar-refractivity contribution in [3.63, 3.8) is 0 Å². The molecule has 1 amide bonds. The lowest BCUT2D eigenvalue weighted by molar-refractivity contribution is -0.116. The van der Waals surface area contributed by atoms with Gasteiger partial charge in [0.05, 0.1) is 5.56 Å². The Morgan fingerprint density at radius 2 is 1.82 bits per heavy atom. The third-order valence-corrected chi connectivity index (χ3v) is 6.35. The predicted molar refractivity (Wildman–Crippen MR) is 114 cm³/mol. The Hall–Kier alpha value is -2.51. The summed E-state index contributed by atoms with van der Waals surface area (Å²) in [5.41, 5.74) is 2.43. The lowest BCUT2D eigenvalue weighted by atomic mass is 9.87. The summed E-state index contributed by atoms with van der Waals surface area (Å²) in [7, 11) is 0. The van der Waals surface area contributed by atoms with Crippen LogP contribution in [0.25, 0.3) is 0 Å². The number of thioether (sulfide) groups is 2. The number of anilines is 1. The maximum atomic E-state index is 12.8. The van der Waals surface area contributed by atoms with Crippen LogP contribution in [-0.2, 0) is 10.5 Å². The molecule has 7 heteroatoms. The molecular weight excluding hydrogens is 390 g/mol. The van der Waals surface area contributed by atoms with Gasteiger partial charge in [-0.3, -0.25) is 9.59 Å². The summed E-state index contributed by atoms with van der Waals surface area (Å²) in [6.45, 7) is 0. The normalized spacial score (nSPS) is 15.8. The molecule has 0 fully saturated rings. The minimum Gasteiger partial charge on any atom is -0.310 e. The first-order chi connectivity index (χ1) is 13.6. The summed E-state index contributed by atoms with van der Waals surface area (Å²) >= 11 is 3.10. The zero-order chi connectivity index (χ0) is 19.5. The molecule has 2 N–H and O–H groups in total. The molecule has 1 aromatic heterocycles. The molecule has 0 aliphatic carbocycles. The van der Waals surface area contributed by atoms with Gasteiger partial charge in [0.15, 0.2) is 5.16 Å². The summed E-state index contributed by atoms with van der Waals surface area (Å²) in [6.07, 6.45) is 2.26. The lowest BCUT2D eigenvalue weighted by Gasteiger charge is -2.24. The van der Waals surface area contributed by atoms with Crippen LogP contribution in [0, 0.1) is 0 Å². The minimum absolute atomic E-state index is 0.122. The van der Waals surface area contributed by atoms with Gasteiger partial charge in [0.1, 0.15) is 5.82 Å². The maximum Gasteiger partial charge on any atom is 0.257 e. The first kappa shape index (κ1) is 18.8. The number of carbonyl (C=O) groups excluding carboxylic acids is 1. The molecule has 1 unspecified atom stereocenters. The molecule has 5 nitrogen and oxygen atoms in total. The first-order valence-electron chi connectivity index (χ1n) is 8.89. The largest absolute Gasteiger partial charge is 0.310 e. The molecule has 4 rings (SSSR count). The molecule has 0 spiro atoms. The van der Waals surface area contributed by atoms with Crippen LogP contribution >= 0.6 is 23.5 Å². The van der Waals surface area contributed by atoms with Crippen LogP contribution in [0.15, 0.2) is 69.4 Å². The van der Waals surface area contributed by atoms with Gasteiger partial charge in [0.25, 0.3) is 5.56 Å². The van der Waals surface area contributed by atoms with Crippen molar-refractivity contribution in [2.24, 2.45) is 0 Å². The second-order valence-electron chi connectivity index (χ2n) is 6.49. The zero-order valence-electron chi connectivity index (χ0n) is 15.3. The fraction of sp³-hybridized carbons (Fsp3) is 0.190. The molecule has 1 aliphatic heterocycles. The number of rotatable bonds is 5. The van der Waals surface area contributed by atoms with Crippen LogP contribution in [0.5, 0.6) is 0 Å². The van der Waals surface area contributed by atoms with Crippen molar-refractivity contribution in [2.45, 2.75) is 28.1 Å². The van der Waals surface area contributed by atoms with E-state index in [0.717, 1.165) is 16.0 Å². The Kier molecular flexibility index (Phi) is 5.54. The van der Waals surface area contributed by atoms with E-state index < -0.39 is 0 Å². The van der Waals surface area contributed by atoms with Crippen molar-refractivity contribution < 1.29 is 4.79 Å². The van der Waals surface area contributed by atoms with Gasteiger partial charge in [-0.2, -0.15) is 0 Å². The fourth-order valence-electron chi connectivity index (χ4n) is 3.27. The number of hydrogen-bond donors (Lipinski definition) is 2. The van der Waals surface area contributed by atoms with Crippen molar-refractivity contribution in [1.82, 2.24) is 9.97 Å². The van der Waals surface area contributed by atoms with Crippen LogP contribution < -0.4 is 10.9 Å². The molecular formula is C21H19N3O2S2. The van der Waals surface area contributed by atoms with Gasteiger partial charge in [-0.1, -0.05) is 54.2 Å². The third kappa shape index (κ3) is 4.00. The summed E-state index contributed by atoms with van der Waals surface area (Å²) in [5.74, 6) is 0.651. The Morgan fingerprint density at radius 3 is 2.54 bits per heavy atom. The van der Waals surface area contributed by atoms with E-state index in [9.17, 15) is 9.59 Å². The van der Waals surface area contributed by atoms with E-state index in [-0.39, 0.29) is 23.8 Å². The fourth-order valence-corrected chi connectivity index (χ4v) is 4.49. The van der Waals surface area contributed by atoms with E-state index in [0.29, 0.717) is 22.3 Å². The number of fused-ring (bicyclic) bond motifs is 1. The number of amides is 1. The highest BCUT2D eigenvalue weighted by atomic mass is 32.2. The Balaban J connectivity index is 1.65. The molecule has 0 radical (unpaired) electrons. The van der Waals surface area contributed by atoms with Crippen LogP contribution in [0.3, 0.4) is 0 Å². The minimum atomic E-state index is -0.288. The van der Waals surface area contributed by atoms with Gasteiger partial charge in [-0.25, -0.2) is 4.98 Å². The van der Waals surface area contributed by atoms with E-state index in [4.69, 9.17) is 0 Å². The monoisotopic (exact) mass is 409 g/mol. The summed E-state index contributed by atoms with van der Waals surface area (Å²) in [6, 6.07) is 18.0. The van der Waals surface area contributed by atoms with Gasteiger partial charge in [-0.05, 0) is 29.5 Å². The molecule has 0 saturated heterocycles. The number of carbonyl (C=O) groups is 1. The molecule has 28 heavy (non-hydrogen) atoms. The average Bonchev–Trinajstić information content (AvgIpc) is 2.72. The lowest BCUT2D eigenvalue weighted by Crippen LogP contribution is -2.31. The highest BCUT2D eigenvalue weighted by Crippen LogP contribution is 2.35. The molecule has 0 bridgehead atoms. The molecule has 1 aliphatic rings. The van der Waals surface area contributed by atoms with Crippen LogP contribution in [-0.4, -0.2) is 22.1 Å². The van der Waals surface area contributed by atoms with Crippen LogP contribution in [0.1, 0.15) is 29.0 Å². The molecule has 142 valence electrons. The molecule has 1 atom stereocenters. The number of nitrogens with one attached hydrogen (secondary N) is 2. The number of aromatic amines is 1. The summed E-state index contributed by atoms with van der Waals surface area (Å²) < 4.78 is 0. The van der Waals surface area contributed by atoms with E-state index in [1.807, 2.05) is 60.9 Å². The molecule has 3 aromatic rings. The van der Waals surface area contributed by atoms with Gasteiger partial charge in [-0.15, -0.1) is 11.8 Å². The zero-order valence-corrected chi connectivity index (χ0v) is 16.9. The number of benzene rings is 2. The summed E-state index contributed by atoms with van der Waals surface area (Å²) in [5, 5.41) is 3.28. The SMILES string of the molecule is CSc1ccc(C2CC(=O)Nc3nc(SCc4ccccc4)[nH]c(=O)c32)cc1. The van der Waals surface area contributed by atoms with Gasteiger partial charge in [0.2, 0.25) is 5.91 Å². The second kappa shape index (κ2) is 8.24. The smallest absolute Gasteiger partial charge is 0.257 e. The van der Waals surface area contributed by atoms with Crippen LogP contribution in [0.2, 0.25) is 0 Å². The number of aromatic nitrogens is 2. The number of hydrogen-bond acceptors (Lipinski definition) is 5. The van der Waals surface area contributed by atoms with Crippen molar-refractivity contribution in [2.75, 3.05) is 11.6 Å². The predicted octanol–water partition coefficient (Wildman–Crippen LogP) is 4.26. The summed E-state index contributed by atoms with van der Waals surface area (Å²) in [4.78, 5) is 33.7. The third-order valence-electron chi connectivity index (χ3n) is 4.67. The van der Waals surface area contributed by atoms with E-state index in [2.05, 4.69) is 15.3 Å². The van der Waals surface area contributed by atoms with Gasteiger partial charge >= 0.3 is 0 Å². The highest BCUT2D eigenvalue weighted by molar-refractivity contribution is 7.98. The maximum absolute atomic E-state index is 12.8. The van der Waals surface area contributed by atoms with Crippen molar-refractivity contribution in [3.8, 4) is 0 Å². The number of H-pyrrole nitrogens is 1. The van der Waals surface area contributed by atoms with Gasteiger partial charge < -0.3 is 10.3 Å². The average molecular weight is 410 g/mol. The number of nitrogens with zero attached hydrogens (tertiary/aromatic N) is 1. The van der Waals surface area contributed by atoms with Crippen LogP contribution in [0.4, 0.5) is 5.82 Å². The topological polar surface area (TPSA) is 74.8 Å². The molecule has 2 aromatic carbocycles. The molecule has 2 heterocycles. The molecule has 0 saturated carbocycles. The first-order valence-corrected chi connectivity index (χ1v) is 11.1. The Bertz CT molecular complexity index is 1050. The standard InChI is InChI=1S/C21H19N3O2S2/c1-27-15-9-7-14(8-10-15)16-11-17(25)22-19-18(16)20(26)24-21(23-19)28-12-13-5-3-2-4-6-13/h2-10,16H,11-12H2,1H3,(H2,22,23,24,25,26).